The molecule has 2 aromatic rings. The Hall–Kier alpha value is -2.54. The van der Waals surface area contributed by atoms with E-state index < -0.39 is 0 Å². The number of anilines is 1. The zero-order valence-corrected chi connectivity index (χ0v) is 15.2. The van der Waals surface area contributed by atoms with Crippen LogP contribution in [-0.4, -0.2) is 26.9 Å². The van der Waals surface area contributed by atoms with Gasteiger partial charge in [-0.3, -0.25) is 9.59 Å². The fourth-order valence-electron chi connectivity index (χ4n) is 2.78. The maximum Gasteiger partial charge on any atom is 0.228 e. The SMILES string of the molecule is CC(=O)N1C=Cc2ccccc2C1CC(=O)Nc1nnc(C(C)C)s1. The standard InChI is InChI=1S/C18H20N4O2S/c1-11(2)17-20-21-18(25-17)19-16(24)10-15-14-7-5-4-6-13(14)8-9-22(15)12(3)23/h4-9,11,15H,10H2,1-3H3,(H,19,21,24). The number of benzene rings is 1. The predicted molar refractivity (Wildman–Crippen MR) is 98.0 cm³/mol. The molecule has 1 aromatic carbocycles. The smallest absolute Gasteiger partial charge is 0.228 e. The summed E-state index contributed by atoms with van der Waals surface area (Å²) >= 11 is 1.38. The highest BCUT2D eigenvalue weighted by Crippen LogP contribution is 2.33. The van der Waals surface area contributed by atoms with Crippen molar-refractivity contribution in [2.45, 2.75) is 39.2 Å². The van der Waals surface area contributed by atoms with E-state index in [1.807, 2.05) is 44.2 Å². The van der Waals surface area contributed by atoms with E-state index in [4.69, 9.17) is 0 Å². The highest BCUT2D eigenvalue weighted by Gasteiger charge is 2.28. The molecule has 1 N–H and O–H groups in total. The van der Waals surface area contributed by atoms with Gasteiger partial charge in [0.1, 0.15) is 5.01 Å². The molecule has 0 fully saturated rings. The van der Waals surface area contributed by atoms with E-state index in [9.17, 15) is 9.59 Å². The Morgan fingerprint density at radius 3 is 2.72 bits per heavy atom. The van der Waals surface area contributed by atoms with Gasteiger partial charge in [-0.15, -0.1) is 10.2 Å². The van der Waals surface area contributed by atoms with Gasteiger partial charge in [-0.1, -0.05) is 49.4 Å². The maximum atomic E-state index is 12.5. The summed E-state index contributed by atoms with van der Waals surface area (Å²) in [4.78, 5) is 26.1. The van der Waals surface area contributed by atoms with Gasteiger partial charge in [-0.05, 0) is 17.2 Å². The normalized spacial score (nSPS) is 16.0. The molecule has 130 valence electrons. The first-order chi connectivity index (χ1) is 12.0. The average Bonchev–Trinajstić information content (AvgIpc) is 3.03. The number of rotatable bonds is 4. The highest BCUT2D eigenvalue weighted by molar-refractivity contribution is 7.15. The second-order valence-electron chi connectivity index (χ2n) is 6.24. The van der Waals surface area contributed by atoms with Crippen molar-refractivity contribution in [3.05, 3.63) is 46.6 Å². The molecule has 25 heavy (non-hydrogen) atoms. The Balaban J connectivity index is 1.77. The molecule has 0 saturated heterocycles. The topological polar surface area (TPSA) is 75.2 Å². The van der Waals surface area contributed by atoms with Crippen LogP contribution >= 0.6 is 11.3 Å². The predicted octanol–water partition coefficient (Wildman–Crippen LogP) is 3.56. The third-order valence-corrected chi connectivity index (χ3v) is 5.17. The minimum Gasteiger partial charge on any atom is -0.311 e. The van der Waals surface area contributed by atoms with Crippen molar-refractivity contribution in [3.63, 3.8) is 0 Å². The van der Waals surface area contributed by atoms with Gasteiger partial charge in [0.05, 0.1) is 12.5 Å². The van der Waals surface area contributed by atoms with Gasteiger partial charge >= 0.3 is 0 Å². The Morgan fingerprint density at radius 2 is 2.04 bits per heavy atom. The number of aromatic nitrogens is 2. The van der Waals surface area contributed by atoms with Crippen molar-refractivity contribution in [1.82, 2.24) is 15.1 Å². The number of hydrogen-bond donors (Lipinski definition) is 1. The molecule has 0 bridgehead atoms. The second-order valence-corrected chi connectivity index (χ2v) is 7.25. The molecule has 1 aromatic heterocycles. The van der Waals surface area contributed by atoms with Crippen LogP contribution in [0, 0.1) is 0 Å². The van der Waals surface area contributed by atoms with Crippen molar-refractivity contribution in [2.24, 2.45) is 0 Å². The lowest BCUT2D eigenvalue weighted by Crippen LogP contribution is -2.33. The fraction of sp³-hybridized carbons (Fsp3) is 0.333. The number of amides is 2. The number of carbonyl (C=O) groups is 2. The molecule has 0 aliphatic carbocycles. The summed E-state index contributed by atoms with van der Waals surface area (Å²) in [5.41, 5.74) is 1.99. The summed E-state index contributed by atoms with van der Waals surface area (Å²) in [6, 6.07) is 7.47. The van der Waals surface area contributed by atoms with Crippen molar-refractivity contribution in [3.8, 4) is 0 Å². The minimum absolute atomic E-state index is 0.0958. The van der Waals surface area contributed by atoms with Gasteiger partial charge in [0.25, 0.3) is 0 Å². The zero-order chi connectivity index (χ0) is 18.0. The summed E-state index contributed by atoms with van der Waals surface area (Å²) in [7, 11) is 0. The summed E-state index contributed by atoms with van der Waals surface area (Å²) in [5.74, 6) is -0.0129. The molecular weight excluding hydrogens is 336 g/mol. The van der Waals surface area contributed by atoms with Gasteiger partial charge in [0.15, 0.2) is 0 Å². The van der Waals surface area contributed by atoms with E-state index in [1.165, 1.54) is 18.3 Å². The molecule has 0 saturated carbocycles. The third kappa shape index (κ3) is 3.76. The van der Waals surface area contributed by atoms with Crippen molar-refractivity contribution in [2.75, 3.05) is 5.32 Å². The van der Waals surface area contributed by atoms with Gasteiger partial charge in [0, 0.05) is 19.0 Å². The van der Waals surface area contributed by atoms with Crippen LogP contribution in [0.1, 0.15) is 55.3 Å². The summed E-state index contributed by atoms with van der Waals surface area (Å²) in [6.07, 6.45) is 3.80. The lowest BCUT2D eigenvalue weighted by molar-refractivity contribution is -0.129. The molecule has 0 radical (unpaired) electrons. The van der Waals surface area contributed by atoms with Crippen LogP contribution < -0.4 is 5.32 Å². The molecule has 1 unspecified atom stereocenters. The van der Waals surface area contributed by atoms with Crippen LogP contribution in [0.15, 0.2) is 30.5 Å². The number of nitrogens with zero attached hydrogens (tertiary/aromatic N) is 3. The number of fused-ring (bicyclic) bond motifs is 1. The Labute approximate surface area is 150 Å². The molecular formula is C18H20N4O2S. The first kappa shape index (κ1) is 17.3. The van der Waals surface area contributed by atoms with Crippen LogP contribution in [0.2, 0.25) is 0 Å². The monoisotopic (exact) mass is 356 g/mol. The van der Waals surface area contributed by atoms with Crippen LogP contribution in [0.4, 0.5) is 5.13 Å². The molecule has 7 heteroatoms. The van der Waals surface area contributed by atoms with Gasteiger partial charge < -0.3 is 10.2 Å². The molecule has 1 atom stereocenters. The van der Waals surface area contributed by atoms with Gasteiger partial charge in [-0.2, -0.15) is 0 Å². The summed E-state index contributed by atoms with van der Waals surface area (Å²) in [5, 5.41) is 12.3. The molecule has 0 spiro atoms. The van der Waals surface area contributed by atoms with Crippen LogP contribution in [-0.2, 0) is 9.59 Å². The Bertz CT molecular complexity index is 828. The van der Waals surface area contributed by atoms with E-state index in [0.29, 0.717) is 5.13 Å². The second kappa shape index (κ2) is 7.14. The first-order valence-corrected chi connectivity index (χ1v) is 8.96. The number of carbonyl (C=O) groups excluding carboxylic acids is 2. The van der Waals surface area contributed by atoms with E-state index in [0.717, 1.165) is 16.1 Å². The fourth-order valence-corrected chi connectivity index (χ4v) is 3.54. The van der Waals surface area contributed by atoms with Crippen molar-refractivity contribution >= 4 is 34.4 Å². The molecule has 2 amide bonds. The van der Waals surface area contributed by atoms with Crippen molar-refractivity contribution in [1.29, 1.82) is 0 Å². The lowest BCUT2D eigenvalue weighted by Gasteiger charge is -2.32. The molecule has 1 aliphatic heterocycles. The molecule has 6 nitrogen and oxygen atoms in total. The number of nitrogens with one attached hydrogen (secondary N) is 1. The largest absolute Gasteiger partial charge is 0.311 e. The molecule has 3 rings (SSSR count). The zero-order valence-electron chi connectivity index (χ0n) is 14.4. The Morgan fingerprint density at radius 1 is 1.28 bits per heavy atom. The summed E-state index contributed by atoms with van der Waals surface area (Å²) < 4.78 is 0. The van der Waals surface area contributed by atoms with Crippen molar-refractivity contribution < 1.29 is 9.59 Å². The van der Waals surface area contributed by atoms with E-state index in [-0.39, 0.29) is 30.2 Å². The van der Waals surface area contributed by atoms with Crippen LogP contribution in [0.5, 0.6) is 0 Å². The Kier molecular flexibility index (Phi) is 4.94. The van der Waals surface area contributed by atoms with E-state index in [2.05, 4.69) is 15.5 Å². The molecule has 2 heterocycles. The van der Waals surface area contributed by atoms with Crippen LogP contribution in [0.3, 0.4) is 0 Å². The summed E-state index contributed by atoms with van der Waals surface area (Å²) in [6.45, 7) is 5.56. The van der Waals surface area contributed by atoms with Crippen LogP contribution in [0.25, 0.3) is 6.08 Å². The minimum atomic E-state index is -0.323. The number of hydrogen-bond acceptors (Lipinski definition) is 5. The molecule has 1 aliphatic rings. The maximum absolute atomic E-state index is 12.5. The van der Waals surface area contributed by atoms with Gasteiger partial charge in [-0.25, -0.2) is 0 Å². The highest BCUT2D eigenvalue weighted by atomic mass is 32.1. The lowest BCUT2D eigenvalue weighted by atomic mass is 9.93. The third-order valence-electron chi connectivity index (χ3n) is 4.03. The van der Waals surface area contributed by atoms with E-state index in [1.54, 1.807) is 11.1 Å². The van der Waals surface area contributed by atoms with E-state index >= 15 is 0 Å². The quantitative estimate of drug-likeness (QED) is 0.909. The van der Waals surface area contributed by atoms with Gasteiger partial charge in [0.2, 0.25) is 16.9 Å². The average molecular weight is 356 g/mol. The first-order valence-electron chi connectivity index (χ1n) is 8.15.